The molecule has 2 aromatic heterocycles. The van der Waals surface area contributed by atoms with Crippen LogP contribution in [0.1, 0.15) is 21.7 Å². The summed E-state index contributed by atoms with van der Waals surface area (Å²) >= 11 is 0. The summed E-state index contributed by atoms with van der Waals surface area (Å²) in [6.07, 6.45) is 3.01. The lowest BCUT2D eigenvalue weighted by Crippen LogP contribution is -2.20. The molecular weight excluding hydrogens is 366 g/mol. The minimum atomic E-state index is -0.348. The molecule has 0 aliphatic rings. The number of hydrogen-bond acceptors (Lipinski definition) is 6. The van der Waals surface area contributed by atoms with E-state index in [4.69, 9.17) is 4.52 Å². The largest absolute Gasteiger partial charge is 0.360 e. The Labute approximate surface area is 168 Å². The molecule has 0 saturated carbocycles. The number of rotatable bonds is 6. The summed E-state index contributed by atoms with van der Waals surface area (Å²) in [7, 11) is 0. The summed E-state index contributed by atoms with van der Waals surface area (Å²) in [6.45, 7) is 2.36. The minimum absolute atomic E-state index is 0.335. The normalized spacial score (nSPS) is 10.5. The van der Waals surface area contributed by atoms with Crippen LogP contribution in [0.25, 0.3) is 0 Å². The maximum absolute atomic E-state index is 12.4. The Balaban J connectivity index is 1.57. The molecule has 4 rings (SSSR count). The predicted molar refractivity (Wildman–Crippen MR) is 110 cm³/mol. The van der Waals surface area contributed by atoms with Crippen molar-refractivity contribution < 1.29 is 9.32 Å². The maximum atomic E-state index is 12.4. The molecule has 2 heterocycles. The molecule has 144 valence electrons. The highest BCUT2D eigenvalue weighted by Gasteiger charge is 2.15. The first-order chi connectivity index (χ1) is 14.2. The Hall–Kier alpha value is -4.00. The molecule has 0 bridgehead atoms. The van der Waals surface area contributed by atoms with Crippen molar-refractivity contribution in [2.75, 3.05) is 10.2 Å². The number of benzene rings is 2. The zero-order valence-corrected chi connectivity index (χ0v) is 15.8. The molecule has 2 aromatic carbocycles. The van der Waals surface area contributed by atoms with Crippen LogP contribution < -0.4 is 10.2 Å². The lowest BCUT2D eigenvalue weighted by molar-refractivity contribution is 0.102. The predicted octanol–water partition coefficient (Wildman–Crippen LogP) is 4.36. The topological polar surface area (TPSA) is 84.2 Å². The SMILES string of the molecule is Cc1cc(NC(=O)c2cnc(N(Cc3ccccc3)c3ccccc3)nc2)no1. The second kappa shape index (κ2) is 8.35. The van der Waals surface area contributed by atoms with Crippen molar-refractivity contribution >= 4 is 23.4 Å². The summed E-state index contributed by atoms with van der Waals surface area (Å²) in [5.41, 5.74) is 2.43. The van der Waals surface area contributed by atoms with Gasteiger partial charge in [-0.15, -0.1) is 0 Å². The molecule has 7 heteroatoms. The van der Waals surface area contributed by atoms with E-state index < -0.39 is 0 Å². The van der Waals surface area contributed by atoms with E-state index in [1.54, 1.807) is 13.0 Å². The van der Waals surface area contributed by atoms with Crippen molar-refractivity contribution in [3.8, 4) is 0 Å². The van der Waals surface area contributed by atoms with Gasteiger partial charge in [-0.25, -0.2) is 9.97 Å². The quantitative estimate of drug-likeness (QED) is 0.531. The molecule has 0 spiro atoms. The fourth-order valence-corrected chi connectivity index (χ4v) is 2.84. The van der Waals surface area contributed by atoms with E-state index >= 15 is 0 Å². The van der Waals surface area contributed by atoms with Gasteiger partial charge in [0.15, 0.2) is 5.82 Å². The first-order valence-electron chi connectivity index (χ1n) is 9.12. The Morgan fingerprint density at radius 1 is 1.00 bits per heavy atom. The molecular formula is C22H19N5O2. The van der Waals surface area contributed by atoms with E-state index in [1.165, 1.54) is 12.4 Å². The fraction of sp³-hybridized carbons (Fsp3) is 0.0909. The van der Waals surface area contributed by atoms with Gasteiger partial charge in [0.2, 0.25) is 5.95 Å². The number of nitrogens with one attached hydrogen (secondary N) is 1. The van der Waals surface area contributed by atoms with Gasteiger partial charge in [-0.1, -0.05) is 53.7 Å². The van der Waals surface area contributed by atoms with Crippen molar-refractivity contribution in [2.24, 2.45) is 0 Å². The summed E-state index contributed by atoms with van der Waals surface area (Å²) in [4.78, 5) is 23.2. The Morgan fingerprint density at radius 3 is 2.28 bits per heavy atom. The smallest absolute Gasteiger partial charge is 0.260 e. The third kappa shape index (κ3) is 4.47. The molecule has 0 aliphatic carbocycles. The van der Waals surface area contributed by atoms with Gasteiger partial charge in [-0.3, -0.25) is 4.79 Å². The second-order valence-corrected chi connectivity index (χ2v) is 6.46. The van der Waals surface area contributed by atoms with Gasteiger partial charge in [0, 0.05) is 24.1 Å². The molecule has 0 fully saturated rings. The van der Waals surface area contributed by atoms with Crippen molar-refractivity contribution in [1.29, 1.82) is 0 Å². The molecule has 7 nitrogen and oxygen atoms in total. The molecule has 1 amide bonds. The Morgan fingerprint density at radius 2 is 1.66 bits per heavy atom. The summed E-state index contributed by atoms with van der Waals surface area (Å²) in [5, 5.41) is 6.42. The van der Waals surface area contributed by atoms with Crippen molar-refractivity contribution in [3.05, 3.63) is 96.0 Å². The van der Waals surface area contributed by atoms with Gasteiger partial charge in [-0.05, 0) is 24.6 Å². The van der Waals surface area contributed by atoms with Crippen LogP contribution in [0.5, 0.6) is 0 Å². The van der Waals surface area contributed by atoms with E-state index in [-0.39, 0.29) is 5.91 Å². The molecule has 0 atom stereocenters. The lowest BCUT2D eigenvalue weighted by Gasteiger charge is -2.23. The summed E-state index contributed by atoms with van der Waals surface area (Å²) in [6, 6.07) is 21.6. The highest BCUT2D eigenvalue weighted by molar-refractivity contribution is 6.03. The number of carbonyl (C=O) groups is 1. The first-order valence-corrected chi connectivity index (χ1v) is 9.12. The number of nitrogens with zero attached hydrogens (tertiary/aromatic N) is 4. The van der Waals surface area contributed by atoms with E-state index in [2.05, 4.69) is 32.6 Å². The molecule has 0 unspecified atom stereocenters. The standard InChI is InChI=1S/C22H19N5O2/c1-16-12-20(26-29-16)25-21(28)18-13-23-22(24-14-18)27(19-10-6-3-7-11-19)15-17-8-4-2-5-9-17/h2-14H,15H2,1H3,(H,25,26,28). The number of para-hydroxylation sites is 1. The summed E-state index contributed by atoms with van der Waals surface area (Å²) in [5.74, 6) is 1.13. The minimum Gasteiger partial charge on any atom is -0.360 e. The van der Waals surface area contributed by atoms with Gasteiger partial charge in [0.1, 0.15) is 5.76 Å². The molecule has 0 aliphatic heterocycles. The molecule has 0 radical (unpaired) electrons. The number of amides is 1. The zero-order valence-electron chi connectivity index (χ0n) is 15.8. The first kappa shape index (κ1) is 18.4. The van der Waals surface area contributed by atoms with Gasteiger partial charge < -0.3 is 14.7 Å². The van der Waals surface area contributed by atoms with Crippen molar-refractivity contribution in [2.45, 2.75) is 13.5 Å². The number of anilines is 3. The van der Waals surface area contributed by atoms with Gasteiger partial charge in [-0.2, -0.15) is 0 Å². The molecule has 4 aromatic rings. The highest BCUT2D eigenvalue weighted by Crippen LogP contribution is 2.24. The number of carbonyl (C=O) groups excluding carboxylic acids is 1. The van der Waals surface area contributed by atoms with Gasteiger partial charge in [0.05, 0.1) is 12.1 Å². The summed E-state index contributed by atoms with van der Waals surface area (Å²) < 4.78 is 4.95. The van der Waals surface area contributed by atoms with Crippen LogP contribution >= 0.6 is 0 Å². The average Bonchev–Trinajstić information content (AvgIpc) is 3.18. The molecule has 29 heavy (non-hydrogen) atoms. The van der Waals surface area contributed by atoms with E-state index in [1.807, 2.05) is 53.4 Å². The third-order valence-electron chi connectivity index (χ3n) is 4.26. The van der Waals surface area contributed by atoms with Crippen LogP contribution in [0.4, 0.5) is 17.5 Å². The van der Waals surface area contributed by atoms with Crippen LogP contribution in [0, 0.1) is 6.92 Å². The van der Waals surface area contributed by atoms with E-state index in [0.717, 1.165) is 11.3 Å². The van der Waals surface area contributed by atoms with Crippen LogP contribution in [0.15, 0.2) is 83.6 Å². The van der Waals surface area contributed by atoms with Crippen LogP contribution in [0.3, 0.4) is 0 Å². The molecule has 0 saturated heterocycles. The number of aryl methyl sites for hydroxylation is 1. The van der Waals surface area contributed by atoms with Crippen LogP contribution in [-0.4, -0.2) is 21.0 Å². The fourth-order valence-electron chi connectivity index (χ4n) is 2.84. The monoisotopic (exact) mass is 385 g/mol. The Kier molecular flexibility index (Phi) is 5.29. The van der Waals surface area contributed by atoms with Gasteiger partial charge >= 0.3 is 0 Å². The number of hydrogen-bond donors (Lipinski definition) is 1. The van der Waals surface area contributed by atoms with Crippen molar-refractivity contribution in [3.63, 3.8) is 0 Å². The zero-order chi connectivity index (χ0) is 20.1. The Bertz CT molecular complexity index is 1080. The lowest BCUT2D eigenvalue weighted by atomic mass is 10.2. The second-order valence-electron chi connectivity index (χ2n) is 6.46. The van der Waals surface area contributed by atoms with E-state index in [0.29, 0.717) is 29.6 Å². The van der Waals surface area contributed by atoms with Crippen LogP contribution in [-0.2, 0) is 6.54 Å². The van der Waals surface area contributed by atoms with Crippen molar-refractivity contribution in [1.82, 2.24) is 15.1 Å². The third-order valence-corrected chi connectivity index (χ3v) is 4.26. The average molecular weight is 385 g/mol. The van der Waals surface area contributed by atoms with Gasteiger partial charge in [0.25, 0.3) is 5.91 Å². The molecule has 1 N–H and O–H groups in total. The maximum Gasteiger partial charge on any atom is 0.260 e. The number of aromatic nitrogens is 3. The van der Waals surface area contributed by atoms with Crippen LogP contribution in [0.2, 0.25) is 0 Å². The van der Waals surface area contributed by atoms with E-state index in [9.17, 15) is 4.79 Å². The highest BCUT2D eigenvalue weighted by atomic mass is 16.5.